The minimum atomic E-state index is -4.42. The van der Waals surface area contributed by atoms with E-state index < -0.39 is 12.0 Å². The van der Waals surface area contributed by atoms with Crippen LogP contribution in [0.25, 0.3) is 6.08 Å². The molecule has 1 fully saturated rings. The summed E-state index contributed by atoms with van der Waals surface area (Å²) in [6.07, 6.45) is 4.83. The maximum absolute atomic E-state index is 13.9. The van der Waals surface area contributed by atoms with Crippen molar-refractivity contribution in [2.45, 2.75) is 44.7 Å². The van der Waals surface area contributed by atoms with Gasteiger partial charge in [0.1, 0.15) is 5.82 Å². The Hall–Kier alpha value is -1.58. The lowest BCUT2D eigenvalue weighted by Gasteiger charge is -2.27. The van der Waals surface area contributed by atoms with Crippen molar-refractivity contribution in [1.29, 1.82) is 0 Å². The van der Waals surface area contributed by atoms with Gasteiger partial charge in [-0.15, -0.1) is 0 Å². The van der Waals surface area contributed by atoms with Gasteiger partial charge in [-0.2, -0.15) is 13.2 Å². The van der Waals surface area contributed by atoms with Gasteiger partial charge in [0.25, 0.3) is 0 Å². The molecule has 1 saturated carbocycles. The van der Waals surface area contributed by atoms with Crippen molar-refractivity contribution in [2.75, 3.05) is 0 Å². The molecule has 0 aromatic heterocycles. The topological polar surface area (TPSA) is 0 Å². The van der Waals surface area contributed by atoms with Gasteiger partial charge in [-0.3, -0.25) is 0 Å². The normalized spacial score (nSPS) is 23.5. The van der Waals surface area contributed by atoms with Crippen LogP contribution in [0, 0.1) is 11.7 Å². The molecule has 4 heteroatoms. The van der Waals surface area contributed by atoms with E-state index in [0.717, 1.165) is 37.3 Å². The lowest BCUT2D eigenvalue weighted by Crippen LogP contribution is -2.12. The van der Waals surface area contributed by atoms with E-state index in [4.69, 9.17) is 0 Å². The number of alkyl halides is 3. The number of allylic oxidation sites excluding steroid dienone is 3. The Morgan fingerprint density at radius 2 is 1.77 bits per heavy atom. The molecule has 0 spiro atoms. The predicted molar refractivity (Wildman–Crippen MR) is 81.0 cm³/mol. The van der Waals surface area contributed by atoms with Gasteiger partial charge < -0.3 is 0 Å². The van der Waals surface area contributed by atoms with Gasteiger partial charge >= 0.3 is 6.18 Å². The zero-order valence-electron chi connectivity index (χ0n) is 12.5. The highest BCUT2D eigenvalue weighted by Crippen LogP contribution is 2.36. The second-order valence-corrected chi connectivity index (χ2v) is 5.79. The summed E-state index contributed by atoms with van der Waals surface area (Å²) in [6, 6.07) is 4.57. The molecule has 0 aliphatic heterocycles. The molecular formula is C18H20F4. The van der Waals surface area contributed by atoms with Crippen LogP contribution < -0.4 is 0 Å². The Morgan fingerprint density at radius 3 is 2.32 bits per heavy atom. The third-order valence-electron chi connectivity index (χ3n) is 4.18. The molecule has 0 bridgehead atoms. The Morgan fingerprint density at radius 1 is 1.09 bits per heavy atom. The summed E-state index contributed by atoms with van der Waals surface area (Å²) in [5.74, 6) is 0.310. The van der Waals surface area contributed by atoms with Gasteiger partial charge in [0.05, 0.1) is 0 Å². The number of rotatable bonds is 3. The molecule has 0 atom stereocenters. The highest BCUT2D eigenvalue weighted by Gasteiger charge is 2.23. The Balaban J connectivity index is 2.05. The SMILES string of the molecule is C/C=C/C1CCC(c2ccc(C=CC(F)(F)F)c(F)c2)CC1. The quantitative estimate of drug-likeness (QED) is 0.457. The highest BCUT2D eigenvalue weighted by atomic mass is 19.4. The second-order valence-electron chi connectivity index (χ2n) is 5.79. The minimum Gasteiger partial charge on any atom is -0.206 e. The van der Waals surface area contributed by atoms with E-state index >= 15 is 0 Å². The van der Waals surface area contributed by atoms with Crippen LogP contribution in [0.15, 0.2) is 36.4 Å². The van der Waals surface area contributed by atoms with E-state index in [9.17, 15) is 17.6 Å². The summed E-state index contributed by atoms with van der Waals surface area (Å²) in [4.78, 5) is 0. The standard InChI is InChI=1S/C18H20F4/c1-2-3-13-4-6-14(7-5-13)16-9-8-15(17(19)12-16)10-11-18(20,21)22/h2-3,8-14H,4-7H2,1H3/b3-2+,11-10?. The van der Waals surface area contributed by atoms with Crippen LogP contribution in [0.5, 0.6) is 0 Å². The molecule has 1 aliphatic rings. The van der Waals surface area contributed by atoms with E-state index in [1.54, 1.807) is 6.07 Å². The summed E-state index contributed by atoms with van der Waals surface area (Å²) >= 11 is 0. The van der Waals surface area contributed by atoms with Crippen LogP contribution >= 0.6 is 0 Å². The molecule has 22 heavy (non-hydrogen) atoms. The van der Waals surface area contributed by atoms with Gasteiger partial charge in [-0.25, -0.2) is 4.39 Å². The minimum absolute atomic E-state index is 0.0244. The Kier molecular flexibility index (Phi) is 5.43. The van der Waals surface area contributed by atoms with Crippen molar-refractivity contribution >= 4 is 6.08 Å². The fraction of sp³-hybridized carbons (Fsp3) is 0.444. The maximum atomic E-state index is 13.9. The third kappa shape index (κ3) is 4.72. The predicted octanol–water partition coefficient (Wildman–Crippen LogP) is 6.25. The summed E-state index contributed by atoms with van der Waals surface area (Å²) in [6.45, 7) is 2.01. The largest absolute Gasteiger partial charge is 0.409 e. The zero-order chi connectivity index (χ0) is 16.2. The third-order valence-corrected chi connectivity index (χ3v) is 4.18. The van der Waals surface area contributed by atoms with E-state index in [0.29, 0.717) is 11.8 Å². The number of halogens is 4. The average molecular weight is 312 g/mol. The molecule has 0 saturated heterocycles. The van der Waals surface area contributed by atoms with Gasteiger partial charge in [-0.1, -0.05) is 24.3 Å². The monoisotopic (exact) mass is 312 g/mol. The Labute approximate surface area is 128 Å². The lowest BCUT2D eigenvalue weighted by atomic mass is 9.78. The van der Waals surface area contributed by atoms with Gasteiger partial charge in [0.2, 0.25) is 0 Å². The van der Waals surface area contributed by atoms with Gasteiger partial charge in [-0.05, 0) is 62.1 Å². The molecule has 0 radical (unpaired) electrons. The lowest BCUT2D eigenvalue weighted by molar-refractivity contribution is -0.0790. The van der Waals surface area contributed by atoms with E-state index in [1.165, 1.54) is 12.1 Å². The molecule has 0 nitrogen and oxygen atoms in total. The number of hydrogen-bond acceptors (Lipinski definition) is 0. The van der Waals surface area contributed by atoms with Crippen molar-refractivity contribution in [3.05, 3.63) is 53.4 Å². The fourth-order valence-electron chi connectivity index (χ4n) is 3.03. The molecule has 1 aromatic rings. The van der Waals surface area contributed by atoms with E-state index in [-0.39, 0.29) is 11.6 Å². The molecule has 120 valence electrons. The average Bonchev–Trinajstić information content (AvgIpc) is 2.46. The Bertz CT molecular complexity index is 547. The maximum Gasteiger partial charge on any atom is 0.409 e. The fourth-order valence-corrected chi connectivity index (χ4v) is 3.03. The second kappa shape index (κ2) is 7.12. The molecule has 2 rings (SSSR count). The van der Waals surface area contributed by atoms with E-state index in [2.05, 4.69) is 12.2 Å². The molecule has 0 unspecified atom stereocenters. The van der Waals surface area contributed by atoms with Crippen molar-refractivity contribution in [1.82, 2.24) is 0 Å². The summed E-state index contributed by atoms with van der Waals surface area (Å²) in [7, 11) is 0. The first-order chi connectivity index (χ1) is 10.4. The summed E-state index contributed by atoms with van der Waals surface area (Å²) in [5.41, 5.74) is 0.865. The van der Waals surface area contributed by atoms with Crippen LogP contribution in [-0.2, 0) is 0 Å². The zero-order valence-corrected chi connectivity index (χ0v) is 12.5. The smallest absolute Gasteiger partial charge is 0.206 e. The summed E-state index contributed by atoms with van der Waals surface area (Å²) in [5, 5.41) is 0. The number of hydrogen-bond donors (Lipinski definition) is 0. The highest BCUT2D eigenvalue weighted by molar-refractivity contribution is 5.51. The van der Waals surface area contributed by atoms with Crippen molar-refractivity contribution in [2.24, 2.45) is 5.92 Å². The first-order valence-electron chi connectivity index (χ1n) is 7.57. The molecular weight excluding hydrogens is 292 g/mol. The molecule has 1 aliphatic carbocycles. The van der Waals surface area contributed by atoms with Gasteiger partial charge in [0, 0.05) is 11.6 Å². The molecule has 0 heterocycles. The molecule has 0 amide bonds. The van der Waals surface area contributed by atoms with Crippen LogP contribution in [0.3, 0.4) is 0 Å². The van der Waals surface area contributed by atoms with Crippen molar-refractivity contribution in [3.63, 3.8) is 0 Å². The van der Waals surface area contributed by atoms with Crippen LogP contribution in [-0.4, -0.2) is 6.18 Å². The summed E-state index contributed by atoms with van der Waals surface area (Å²) < 4.78 is 50.3. The first kappa shape index (κ1) is 16.8. The van der Waals surface area contributed by atoms with Crippen LogP contribution in [0.2, 0.25) is 0 Å². The van der Waals surface area contributed by atoms with Gasteiger partial charge in [0.15, 0.2) is 0 Å². The first-order valence-corrected chi connectivity index (χ1v) is 7.57. The van der Waals surface area contributed by atoms with Crippen molar-refractivity contribution in [3.8, 4) is 0 Å². The van der Waals surface area contributed by atoms with E-state index in [1.807, 2.05) is 6.92 Å². The van der Waals surface area contributed by atoms with Crippen LogP contribution in [0.1, 0.15) is 49.7 Å². The molecule has 0 N–H and O–H groups in total. The molecule has 1 aromatic carbocycles. The number of benzene rings is 1. The van der Waals surface area contributed by atoms with Crippen molar-refractivity contribution < 1.29 is 17.6 Å². The van der Waals surface area contributed by atoms with Crippen LogP contribution in [0.4, 0.5) is 17.6 Å².